The molecule has 0 aromatic heterocycles. The Bertz CT molecular complexity index is 252. The van der Waals surface area contributed by atoms with Gasteiger partial charge in [0.1, 0.15) is 6.04 Å². The standard InChI is InChI=1S/C9H14N2O2/c1-10-5-6-11-7(9(10)13)3-2-4-8(11)12/h7H,2-6H2,1H3/t7-/m0/s1. The summed E-state index contributed by atoms with van der Waals surface area (Å²) in [7, 11) is 1.80. The van der Waals surface area contributed by atoms with Gasteiger partial charge < -0.3 is 9.80 Å². The van der Waals surface area contributed by atoms with Crippen LogP contribution in [0.4, 0.5) is 0 Å². The molecule has 0 bridgehead atoms. The summed E-state index contributed by atoms with van der Waals surface area (Å²) in [6, 6.07) is -0.153. The highest BCUT2D eigenvalue weighted by atomic mass is 16.2. The van der Waals surface area contributed by atoms with Crippen LogP contribution in [-0.2, 0) is 9.59 Å². The SMILES string of the molecule is CN1CCN2C(=O)CCC[C@H]2C1=O. The number of likely N-dealkylation sites (N-methyl/N-ethyl adjacent to an activating group) is 1. The van der Waals surface area contributed by atoms with Crippen LogP contribution in [-0.4, -0.2) is 47.8 Å². The zero-order valence-electron chi connectivity index (χ0n) is 7.82. The smallest absolute Gasteiger partial charge is 0.245 e. The number of carbonyl (C=O) groups is 2. The van der Waals surface area contributed by atoms with E-state index in [9.17, 15) is 9.59 Å². The maximum Gasteiger partial charge on any atom is 0.245 e. The Labute approximate surface area is 77.5 Å². The monoisotopic (exact) mass is 182 g/mol. The average molecular weight is 182 g/mol. The van der Waals surface area contributed by atoms with Gasteiger partial charge in [0, 0.05) is 26.6 Å². The normalized spacial score (nSPS) is 29.2. The van der Waals surface area contributed by atoms with Gasteiger partial charge in [-0.05, 0) is 12.8 Å². The van der Waals surface area contributed by atoms with Gasteiger partial charge in [-0.2, -0.15) is 0 Å². The molecule has 0 aliphatic carbocycles. The Hall–Kier alpha value is -1.06. The van der Waals surface area contributed by atoms with Crippen LogP contribution in [0.5, 0.6) is 0 Å². The highest BCUT2D eigenvalue weighted by Gasteiger charge is 2.37. The number of rotatable bonds is 0. The number of fused-ring (bicyclic) bond motifs is 1. The number of carbonyl (C=O) groups excluding carboxylic acids is 2. The fourth-order valence-electron chi connectivity index (χ4n) is 2.08. The van der Waals surface area contributed by atoms with Gasteiger partial charge in [0.15, 0.2) is 0 Å². The molecular formula is C9H14N2O2. The van der Waals surface area contributed by atoms with E-state index in [1.54, 1.807) is 16.8 Å². The second-order valence-electron chi connectivity index (χ2n) is 3.75. The molecule has 0 spiro atoms. The molecule has 2 aliphatic heterocycles. The molecule has 0 radical (unpaired) electrons. The summed E-state index contributed by atoms with van der Waals surface area (Å²) in [5.74, 6) is 0.261. The second kappa shape index (κ2) is 3.01. The number of hydrogen-bond donors (Lipinski definition) is 0. The molecule has 2 heterocycles. The summed E-state index contributed by atoms with van der Waals surface area (Å²) in [6.45, 7) is 1.40. The van der Waals surface area contributed by atoms with E-state index in [1.807, 2.05) is 0 Å². The number of piperazine rings is 1. The minimum atomic E-state index is -0.153. The predicted molar refractivity (Wildman–Crippen MR) is 47.0 cm³/mol. The van der Waals surface area contributed by atoms with Crippen molar-refractivity contribution < 1.29 is 9.59 Å². The first-order valence-electron chi connectivity index (χ1n) is 4.74. The molecular weight excluding hydrogens is 168 g/mol. The van der Waals surface area contributed by atoms with Crippen LogP contribution in [0.2, 0.25) is 0 Å². The lowest BCUT2D eigenvalue weighted by Gasteiger charge is -2.41. The Morgan fingerprint density at radius 3 is 2.85 bits per heavy atom. The van der Waals surface area contributed by atoms with Gasteiger partial charge >= 0.3 is 0 Å². The summed E-state index contributed by atoms with van der Waals surface area (Å²) in [4.78, 5) is 26.5. The van der Waals surface area contributed by atoms with Gasteiger partial charge in [0.25, 0.3) is 0 Å². The van der Waals surface area contributed by atoms with Crippen molar-refractivity contribution in [3.8, 4) is 0 Å². The van der Waals surface area contributed by atoms with Crippen LogP contribution < -0.4 is 0 Å². The molecule has 2 amide bonds. The zero-order chi connectivity index (χ0) is 9.42. The maximum atomic E-state index is 11.6. The fraction of sp³-hybridized carbons (Fsp3) is 0.778. The Morgan fingerprint density at radius 2 is 2.08 bits per heavy atom. The third-order valence-corrected chi connectivity index (χ3v) is 2.90. The molecule has 0 unspecified atom stereocenters. The highest BCUT2D eigenvalue weighted by Crippen LogP contribution is 2.22. The van der Waals surface area contributed by atoms with Crippen molar-refractivity contribution in [2.24, 2.45) is 0 Å². The number of amides is 2. The van der Waals surface area contributed by atoms with Gasteiger partial charge in [0.2, 0.25) is 11.8 Å². The quantitative estimate of drug-likeness (QED) is 0.522. The topological polar surface area (TPSA) is 40.6 Å². The van der Waals surface area contributed by atoms with Gasteiger partial charge in [0.05, 0.1) is 0 Å². The predicted octanol–water partition coefficient (Wildman–Crippen LogP) is -0.161. The van der Waals surface area contributed by atoms with Gasteiger partial charge in [-0.1, -0.05) is 0 Å². The van der Waals surface area contributed by atoms with E-state index in [0.717, 1.165) is 12.8 Å². The first kappa shape index (κ1) is 8.53. The van der Waals surface area contributed by atoms with E-state index in [4.69, 9.17) is 0 Å². The van der Waals surface area contributed by atoms with E-state index >= 15 is 0 Å². The Balaban J connectivity index is 2.17. The number of nitrogens with zero attached hydrogens (tertiary/aromatic N) is 2. The van der Waals surface area contributed by atoms with Crippen LogP contribution in [0.1, 0.15) is 19.3 Å². The Morgan fingerprint density at radius 1 is 1.31 bits per heavy atom. The molecule has 4 nitrogen and oxygen atoms in total. The van der Waals surface area contributed by atoms with Crippen LogP contribution in [0, 0.1) is 0 Å². The van der Waals surface area contributed by atoms with Crippen LogP contribution in [0.25, 0.3) is 0 Å². The molecule has 0 saturated carbocycles. The summed E-state index contributed by atoms with van der Waals surface area (Å²) in [5.41, 5.74) is 0. The van der Waals surface area contributed by atoms with Crippen molar-refractivity contribution in [1.82, 2.24) is 9.80 Å². The van der Waals surface area contributed by atoms with Crippen LogP contribution in [0.15, 0.2) is 0 Å². The van der Waals surface area contributed by atoms with E-state index in [-0.39, 0.29) is 17.9 Å². The average Bonchev–Trinajstić information content (AvgIpc) is 2.12. The lowest BCUT2D eigenvalue weighted by molar-refractivity contribution is -0.153. The van der Waals surface area contributed by atoms with Crippen molar-refractivity contribution in [2.75, 3.05) is 20.1 Å². The minimum absolute atomic E-state index is 0.110. The molecule has 72 valence electrons. The number of piperidine rings is 1. The molecule has 2 fully saturated rings. The molecule has 2 rings (SSSR count). The number of hydrogen-bond acceptors (Lipinski definition) is 2. The van der Waals surface area contributed by atoms with Crippen molar-refractivity contribution >= 4 is 11.8 Å². The summed E-state index contributed by atoms with van der Waals surface area (Å²) in [6.07, 6.45) is 2.32. The summed E-state index contributed by atoms with van der Waals surface area (Å²) >= 11 is 0. The summed E-state index contributed by atoms with van der Waals surface area (Å²) in [5, 5.41) is 0. The van der Waals surface area contributed by atoms with E-state index in [0.29, 0.717) is 19.5 Å². The van der Waals surface area contributed by atoms with Crippen molar-refractivity contribution in [2.45, 2.75) is 25.3 Å². The lowest BCUT2D eigenvalue weighted by atomic mass is 9.98. The molecule has 0 N–H and O–H groups in total. The van der Waals surface area contributed by atoms with E-state index in [1.165, 1.54) is 0 Å². The highest BCUT2D eigenvalue weighted by molar-refractivity contribution is 5.89. The van der Waals surface area contributed by atoms with Crippen LogP contribution in [0.3, 0.4) is 0 Å². The molecule has 0 aromatic rings. The van der Waals surface area contributed by atoms with E-state index < -0.39 is 0 Å². The second-order valence-corrected chi connectivity index (χ2v) is 3.75. The van der Waals surface area contributed by atoms with Crippen molar-refractivity contribution in [3.05, 3.63) is 0 Å². The third-order valence-electron chi connectivity index (χ3n) is 2.90. The molecule has 4 heteroatoms. The zero-order valence-corrected chi connectivity index (χ0v) is 7.82. The molecule has 1 atom stereocenters. The fourth-order valence-corrected chi connectivity index (χ4v) is 2.08. The molecule has 13 heavy (non-hydrogen) atoms. The van der Waals surface area contributed by atoms with Gasteiger partial charge in [-0.3, -0.25) is 9.59 Å². The molecule has 0 aromatic carbocycles. The molecule has 2 aliphatic rings. The maximum absolute atomic E-state index is 11.6. The first-order chi connectivity index (χ1) is 6.20. The first-order valence-corrected chi connectivity index (χ1v) is 4.74. The van der Waals surface area contributed by atoms with Crippen LogP contribution >= 0.6 is 0 Å². The van der Waals surface area contributed by atoms with Gasteiger partial charge in [-0.15, -0.1) is 0 Å². The van der Waals surface area contributed by atoms with Gasteiger partial charge in [-0.25, -0.2) is 0 Å². The largest absolute Gasteiger partial charge is 0.342 e. The van der Waals surface area contributed by atoms with Crippen molar-refractivity contribution in [1.29, 1.82) is 0 Å². The lowest BCUT2D eigenvalue weighted by Crippen LogP contribution is -2.59. The Kier molecular flexibility index (Phi) is 1.98. The molecule has 2 saturated heterocycles. The summed E-state index contributed by atoms with van der Waals surface area (Å²) < 4.78 is 0. The third kappa shape index (κ3) is 1.30. The van der Waals surface area contributed by atoms with Crippen molar-refractivity contribution in [3.63, 3.8) is 0 Å². The van der Waals surface area contributed by atoms with E-state index in [2.05, 4.69) is 0 Å². The minimum Gasteiger partial charge on any atom is -0.342 e.